The van der Waals surface area contributed by atoms with Crippen LogP contribution >= 0.6 is 0 Å². The number of carbonyl (C=O) groups is 4. The molecule has 58 heavy (non-hydrogen) atoms. The number of carbonyl (C=O) groups excluding carboxylic acids is 4. The minimum absolute atomic E-state index is 0.144. The van der Waals surface area contributed by atoms with Crippen molar-refractivity contribution in [3.63, 3.8) is 0 Å². The zero-order valence-corrected chi connectivity index (χ0v) is 34.0. The normalized spacial score (nSPS) is 23.9. The SMILES string of the molecule is CN[C@@H](C)C(=O)N[C@H]1CCCC[C@H](NC(=O)[C@H](C)NC)C(=O)N2CCC[C@H]2Cc2c3n(c4cc(F)ccc24)CCn2c-3cc3c(cc(F)cc32)C[C@@H]2CCCN2C1=O. The smallest absolute Gasteiger partial charge is 0.245 e. The van der Waals surface area contributed by atoms with Crippen molar-refractivity contribution in [2.24, 2.45) is 0 Å². The van der Waals surface area contributed by atoms with Crippen molar-refractivity contribution < 1.29 is 28.0 Å². The quantitative estimate of drug-likeness (QED) is 0.229. The fourth-order valence-electron chi connectivity index (χ4n) is 9.96. The number of likely N-dealkylation sites (N-methyl/N-ethyl adjacent to an activating group) is 2. The largest absolute Gasteiger partial charge is 0.343 e. The molecule has 4 amide bonds. The van der Waals surface area contributed by atoms with Crippen LogP contribution in [0, 0.1) is 11.6 Å². The number of aryl methyl sites for hydroxylation is 2. The first-order valence-corrected chi connectivity index (χ1v) is 21.2. The minimum atomic E-state index is -0.787. The van der Waals surface area contributed by atoms with Crippen LogP contribution in [0.15, 0.2) is 36.4 Å². The molecule has 4 aromatic rings. The van der Waals surface area contributed by atoms with Gasteiger partial charge in [0.05, 0.1) is 34.5 Å². The third-order valence-electron chi connectivity index (χ3n) is 13.3. The maximum absolute atomic E-state index is 15.7. The van der Waals surface area contributed by atoms with Gasteiger partial charge in [0, 0.05) is 49.0 Å². The summed E-state index contributed by atoms with van der Waals surface area (Å²) in [6.07, 6.45) is 5.93. The Morgan fingerprint density at radius 3 is 1.81 bits per heavy atom. The second kappa shape index (κ2) is 16.4. The summed E-state index contributed by atoms with van der Waals surface area (Å²) >= 11 is 0. The molecule has 12 nitrogen and oxygen atoms in total. The van der Waals surface area contributed by atoms with Crippen molar-refractivity contribution in [3.8, 4) is 11.4 Å². The first-order valence-electron chi connectivity index (χ1n) is 21.2. The van der Waals surface area contributed by atoms with Crippen LogP contribution < -0.4 is 21.3 Å². The van der Waals surface area contributed by atoms with E-state index in [9.17, 15) is 23.6 Å². The number of halogens is 2. The number of hydrogen-bond acceptors (Lipinski definition) is 6. The van der Waals surface area contributed by atoms with Gasteiger partial charge in [-0.25, -0.2) is 8.78 Å². The Morgan fingerprint density at radius 2 is 1.21 bits per heavy atom. The molecule has 2 bridgehead atoms. The average molecular weight is 799 g/mol. The third kappa shape index (κ3) is 7.38. The van der Waals surface area contributed by atoms with Crippen molar-refractivity contribution in [2.75, 3.05) is 27.2 Å². The summed E-state index contributed by atoms with van der Waals surface area (Å²) in [5, 5.41) is 13.8. The molecule has 2 fully saturated rings. The van der Waals surface area contributed by atoms with E-state index in [2.05, 4.69) is 36.5 Å². The van der Waals surface area contributed by atoms with E-state index in [1.165, 1.54) is 6.07 Å². The van der Waals surface area contributed by atoms with E-state index < -0.39 is 24.2 Å². The molecule has 2 aromatic carbocycles. The molecule has 4 N–H and O–H groups in total. The first kappa shape index (κ1) is 40.0. The van der Waals surface area contributed by atoms with Gasteiger partial charge in [0.2, 0.25) is 23.6 Å². The number of nitrogens with zero attached hydrogens (tertiary/aromatic N) is 4. The second-order valence-electron chi connectivity index (χ2n) is 16.8. The van der Waals surface area contributed by atoms with Gasteiger partial charge in [0.25, 0.3) is 0 Å². The number of hydrogen-bond donors (Lipinski definition) is 4. The zero-order valence-electron chi connectivity index (χ0n) is 34.0. The first-order chi connectivity index (χ1) is 28.0. The lowest BCUT2D eigenvalue weighted by atomic mass is 9.97. The highest BCUT2D eigenvalue weighted by molar-refractivity contribution is 5.97. The van der Waals surface area contributed by atoms with Crippen molar-refractivity contribution in [1.29, 1.82) is 0 Å². The summed E-state index contributed by atoms with van der Waals surface area (Å²) in [5.74, 6) is -1.53. The number of fused-ring (bicyclic) bond motifs is 6. The highest BCUT2D eigenvalue weighted by Crippen LogP contribution is 2.43. The Labute approximate surface area is 338 Å². The maximum atomic E-state index is 15.7. The fraction of sp³-hybridized carbons (Fsp3) is 0.545. The third-order valence-corrected chi connectivity index (χ3v) is 13.3. The Hall–Kier alpha value is -4.82. The van der Waals surface area contributed by atoms with Crippen LogP contribution in [0.5, 0.6) is 0 Å². The number of benzene rings is 2. The van der Waals surface area contributed by atoms with Gasteiger partial charge in [0.15, 0.2) is 0 Å². The lowest BCUT2D eigenvalue weighted by Gasteiger charge is -2.31. The summed E-state index contributed by atoms with van der Waals surface area (Å²) in [6, 6.07) is 7.28. The summed E-state index contributed by atoms with van der Waals surface area (Å²) in [5.41, 5.74) is 5.28. The van der Waals surface area contributed by atoms with Gasteiger partial charge in [-0.2, -0.15) is 0 Å². The lowest BCUT2D eigenvalue weighted by molar-refractivity contribution is -0.138. The molecular weight excluding hydrogens is 743 g/mol. The molecule has 4 aliphatic rings. The van der Waals surface area contributed by atoms with Crippen LogP contribution in [-0.4, -0.2) is 106 Å². The van der Waals surface area contributed by atoms with Gasteiger partial charge in [0.1, 0.15) is 23.7 Å². The molecule has 0 unspecified atom stereocenters. The van der Waals surface area contributed by atoms with Crippen LogP contribution in [0.3, 0.4) is 0 Å². The zero-order chi connectivity index (χ0) is 40.8. The molecule has 2 aromatic heterocycles. The van der Waals surface area contributed by atoms with Gasteiger partial charge in [-0.1, -0.05) is 12.8 Å². The molecule has 8 rings (SSSR count). The van der Waals surface area contributed by atoms with E-state index in [0.717, 1.165) is 70.0 Å². The molecule has 0 radical (unpaired) electrons. The lowest BCUT2D eigenvalue weighted by Crippen LogP contribution is -2.54. The molecule has 6 heterocycles. The van der Waals surface area contributed by atoms with Gasteiger partial charge in [-0.3, -0.25) is 19.2 Å². The Morgan fingerprint density at radius 1 is 0.655 bits per heavy atom. The van der Waals surface area contributed by atoms with Crippen LogP contribution in [0.1, 0.15) is 76.3 Å². The predicted octanol–water partition coefficient (Wildman–Crippen LogP) is 4.38. The van der Waals surface area contributed by atoms with E-state index in [1.54, 1.807) is 46.1 Å². The molecule has 0 spiro atoms. The standard InChI is InChI=1S/C44H56F2N8O4/c1-25(47-3)41(55)49-35-11-5-6-12-36(50-42(56)26(2)48-4)44(58)52-16-8-10-31(52)23-34-32-14-13-28(45)21-37(32)54-18-17-53-38-22-29(46)19-27(33(38)24-39(53)40(34)54)20-30-9-7-15-51(30)43(35)57/h13-14,19,21-22,24-26,30-31,35-36,47-48H,5-12,15-18,20,23H2,1-4H3,(H,49,55)(H,50,56)/t25-,26-,30-,31-,35-,36-/m0/s1. The topological polar surface area (TPSA) is 133 Å². The molecule has 14 heteroatoms. The maximum Gasteiger partial charge on any atom is 0.245 e. The Bertz CT molecular complexity index is 2250. The molecule has 0 saturated carbocycles. The number of aromatic nitrogens is 2. The van der Waals surface area contributed by atoms with E-state index >= 15 is 4.39 Å². The summed E-state index contributed by atoms with van der Waals surface area (Å²) in [7, 11) is 3.40. The van der Waals surface area contributed by atoms with E-state index in [0.29, 0.717) is 64.7 Å². The molecule has 6 atom stereocenters. The predicted molar refractivity (Wildman–Crippen MR) is 219 cm³/mol. The van der Waals surface area contributed by atoms with Crippen LogP contribution in [0.2, 0.25) is 0 Å². The van der Waals surface area contributed by atoms with E-state index in [-0.39, 0.29) is 47.3 Å². The van der Waals surface area contributed by atoms with Gasteiger partial charge >= 0.3 is 0 Å². The Kier molecular flexibility index (Phi) is 11.3. The summed E-state index contributed by atoms with van der Waals surface area (Å²) in [4.78, 5) is 59.5. The summed E-state index contributed by atoms with van der Waals surface area (Å²) in [6.45, 7) is 5.70. The van der Waals surface area contributed by atoms with Crippen LogP contribution in [0.4, 0.5) is 8.78 Å². The molecular formula is C44H56F2N8O4. The molecule has 2 saturated heterocycles. The molecule has 310 valence electrons. The van der Waals surface area contributed by atoms with Crippen molar-refractivity contribution in [2.45, 2.75) is 127 Å². The monoisotopic (exact) mass is 798 g/mol. The van der Waals surface area contributed by atoms with Gasteiger partial charge in [-0.15, -0.1) is 0 Å². The van der Waals surface area contributed by atoms with Gasteiger partial charge < -0.3 is 40.2 Å². The molecule has 0 aliphatic carbocycles. The fourth-order valence-corrected chi connectivity index (χ4v) is 9.96. The van der Waals surface area contributed by atoms with Gasteiger partial charge in [-0.05, 0) is 127 Å². The van der Waals surface area contributed by atoms with E-state index in [1.807, 2.05) is 15.9 Å². The summed E-state index contributed by atoms with van der Waals surface area (Å²) < 4.78 is 35.0. The number of rotatable bonds is 6. The van der Waals surface area contributed by atoms with Crippen LogP contribution in [-0.2, 0) is 45.1 Å². The van der Waals surface area contributed by atoms with Crippen molar-refractivity contribution in [3.05, 3.63) is 59.2 Å². The Balaban J connectivity index is 1.25. The van der Waals surface area contributed by atoms with E-state index in [4.69, 9.17) is 0 Å². The number of nitrogens with one attached hydrogen (secondary N) is 4. The average Bonchev–Trinajstić information content (AvgIpc) is 4.02. The number of amides is 4. The molecule has 4 aliphatic heterocycles. The highest BCUT2D eigenvalue weighted by atomic mass is 19.1. The van der Waals surface area contributed by atoms with Crippen molar-refractivity contribution >= 4 is 45.4 Å². The second-order valence-corrected chi connectivity index (χ2v) is 16.8. The minimum Gasteiger partial charge on any atom is -0.343 e. The van der Waals surface area contributed by atoms with Crippen LogP contribution in [0.25, 0.3) is 33.2 Å². The van der Waals surface area contributed by atoms with Crippen molar-refractivity contribution in [1.82, 2.24) is 40.2 Å². The highest BCUT2D eigenvalue weighted by Gasteiger charge is 2.38.